The largest absolute Gasteiger partial charge is 0.480 e. The Morgan fingerprint density at radius 1 is 1.03 bits per heavy atom. The molecule has 5 nitrogen and oxygen atoms in total. The summed E-state index contributed by atoms with van der Waals surface area (Å²) < 4.78 is 19.3. The molecule has 1 aliphatic rings. The SMILES string of the molecule is O=C(N[C@H](Cc1cc(Cl)ccc1F)C(=O)O)OCC1c2ccccc2-c2ccccc21. The molecule has 0 fully saturated rings. The number of carbonyl (C=O) groups is 2. The minimum Gasteiger partial charge on any atom is -0.480 e. The fourth-order valence-electron chi connectivity index (χ4n) is 3.90. The van der Waals surface area contributed by atoms with E-state index < -0.39 is 23.9 Å². The number of fused-ring (bicyclic) bond motifs is 3. The minimum atomic E-state index is -1.36. The van der Waals surface area contributed by atoms with E-state index in [1.54, 1.807) is 0 Å². The summed E-state index contributed by atoms with van der Waals surface area (Å²) in [5.74, 6) is -2.04. The van der Waals surface area contributed by atoms with Crippen molar-refractivity contribution in [2.24, 2.45) is 0 Å². The van der Waals surface area contributed by atoms with Crippen LogP contribution in [0.15, 0.2) is 66.7 Å². The van der Waals surface area contributed by atoms with Gasteiger partial charge in [0.15, 0.2) is 0 Å². The summed E-state index contributed by atoms with van der Waals surface area (Å²) in [7, 11) is 0. The van der Waals surface area contributed by atoms with Gasteiger partial charge in [-0.25, -0.2) is 14.0 Å². The average Bonchev–Trinajstić information content (AvgIpc) is 3.08. The van der Waals surface area contributed by atoms with Gasteiger partial charge in [0, 0.05) is 17.4 Å². The number of aliphatic carboxylic acids is 1. The van der Waals surface area contributed by atoms with Gasteiger partial charge in [0.2, 0.25) is 0 Å². The number of carboxylic acids is 1. The Morgan fingerprint density at radius 2 is 1.65 bits per heavy atom. The molecular weight excluding hydrogens is 421 g/mol. The van der Waals surface area contributed by atoms with Gasteiger partial charge in [-0.1, -0.05) is 60.1 Å². The van der Waals surface area contributed by atoms with Crippen LogP contribution in [-0.2, 0) is 16.0 Å². The van der Waals surface area contributed by atoms with Crippen LogP contribution in [0.25, 0.3) is 11.1 Å². The van der Waals surface area contributed by atoms with E-state index in [0.717, 1.165) is 28.3 Å². The molecule has 0 saturated heterocycles. The Labute approximate surface area is 183 Å². The molecule has 1 aliphatic carbocycles. The molecule has 0 heterocycles. The number of carboxylic acid groups (broad SMARTS) is 1. The number of hydrogen-bond acceptors (Lipinski definition) is 3. The number of halogens is 2. The molecule has 0 aromatic heterocycles. The summed E-state index contributed by atoms with van der Waals surface area (Å²) in [5.41, 5.74) is 4.37. The first-order valence-corrected chi connectivity index (χ1v) is 10.1. The van der Waals surface area contributed by atoms with E-state index in [1.807, 2.05) is 48.5 Å². The standard InChI is InChI=1S/C24H19ClFNO4/c25-15-9-10-21(26)14(11-15)12-22(23(28)29)27-24(30)31-13-20-18-7-3-1-5-16(18)17-6-2-4-8-19(17)20/h1-11,20,22H,12-13H2,(H,27,30)(H,28,29)/t22-/m1/s1. The normalized spacial score (nSPS) is 13.2. The van der Waals surface area contributed by atoms with Gasteiger partial charge < -0.3 is 15.2 Å². The van der Waals surface area contributed by atoms with Crippen molar-refractivity contribution >= 4 is 23.7 Å². The lowest BCUT2D eigenvalue weighted by Gasteiger charge is -2.18. The number of hydrogen-bond donors (Lipinski definition) is 2. The van der Waals surface area contributed by atoms with Crippen LogP contribution in [0.4, 0.5) is 9.18 Å². The van der Waals surface area contributed by atoms with Crippen molar-refractivity contribution < 1.29 is 23.8 Å². The van der Waals surface area contributed by atoms with Gasteiger partial charge in [-0.2, -0.15) is 0 Å². The minimum absolute atomic E-state index is 0.0533. The highest BCUT2D eigenvalue weighted by molar-refractivity contribution is 6.30. The number of ether oxygens (including phenoxy) is 1. The summed E-state index contributed by atoms with van der Waals surface area (Å²) >= 11 is 5.86. The van der Waals surface area contributed by atoms with Gasteiger partial charge in [0.05, 0.1) is 0 Å². The van der Waals surface area contributed by atoms with Crippen LogP contribution in [0.1, 0.15) is 22.6 Å². The van der Waals surface area contributed by atoms with Gasteiger partial charge in [0.1, 0.15) is 18.5 Å². The molecule has 0 radical (unpaired) electrons. The maximum absolute atomic E-state index is 14.0. The molecule has 1 atom stereocenters. The van der Waals surface area contributed by atoms with Gasteiger partial charge in [-0.3, -0.25) is 0 Å². The molecule has 158 valence electrons. The molecular formula is C24H19ClFNO4. The number of amides is 1. The molecule has 3 aromatic rings. The molecule has 4 rings (SSSR count). The van der Waals surface area contributed by atoms with Gasteiger partial charge in [-0.05, 0) is 46.0 Å². The average molecular weight is 440 g/mol. The van der Waals surface area contributed by atoms with E-state index in [9.17, 15) is 19.1 Å². The summed E-state index contributed by atoms with van der Waals surface area (Å²) in [6, 6.07) is 18.3. The second-order valence-electron chi connectivity index (χ2n) is 7.30. The molecule has 3 aromatic carbocycles. The Morgan fingerprint density at radius 3 is 2.26 bits per heavy atom. The topological polar surface area (TPSA) is 75.6 Å². The molecule has 2 N–H and O–H groups in total. The van der Waals surface area contributed by atoms with Crippen LogP contribution < -0.4 is 5.32 Å². The van der Waals surface area contributed by atoms with E-state index in [4.69, 9.17) is 16.3 Å². The van der Waals surface area contributed by atoms with E-state index >= 15 is 0 Å². The molecule has 0 saturated carbocycles. The summed E-state index contributed by atoms with van der Waals surface area (Å²) in [4.78, 5) is 24.0. The highest BCUT2D eigenvalue weighted by Crippen LogP contribution is 2.44. The van der Waals surface area contributed by atoms with E-state index in [2.05, 4.69) is 5.32 Å². The molecule has 0 unspecified atom stereocenters. The van der Waals surface area contributed by atoms with Crippen LogP contribution in [0.3, 0.4) is 0 Å². The Bertz CT molecular complexity index is 1100. The van der Waals surface area contributed by atoms with Crippen molar-refractivity contribution in [2.45, 2.75) is 18.4 Å². The number of benzene rings is 3. The first kappa shape index (κ1) is 20.9. The fourth-order valence-corrected chi connectivity index (χ4v) is 4.10. The van der Waals surface area contributed by atoms with E-state index in [-0.39, 0.29) is 29.5 Å². The zero-order valence-electron chi connectivity index (χ0n) is 16.3. The summed E-state index contributed by atoms with van der Waals surface area (Å²) in [6.45, 7) is 0.0533. The maximum Gasteiger partial charge on any atom is 0.407 e. The monoisotopic (exact) mass is 439 g/mol. The summed E-state index contributed by atoms with van der Waals surface area (Å²) in [6.07, 6.45) is -1.14. The van der Waals surface area contributed by atoms with Crippen LogP contribution >= 0.6 is 11.6 Å². The van der Waals surface area contributed by atoms with Crippen LogP contribution in [-0.4, -0.2) is 29.8 Å². The highest BCUT2D eigenvalue weighted by Gasteiger charge is 2.30. The second-order valence-corrected chi connectivity index (χ2v) is 7.74. The Hall–Kier alpha value is -3.38. The van der Waals surface area contributed by atoms with Gasteiger partial charge in [0.25, 0.3) is 0 Å². The van der Waals surface area contributed by atoms with Gasteiger partial charge >= 0.3 is 12.1 Å². The lowest BCUT2D eigenvalue weighted by molar-refractivity contribution is -0.139. The predicted molar refractivity (Wildman–Crippen MR) is 115 cm³/mol. The van der Waals surface area contributed by atoms with Gasteiger partial charge in [-0.15, -0.1) is 0 Å². The first-order chi connectivity index (χ1) is 14.9. The zero-order chi connectivity index (χ0) is 22.0. The van der Waals surface area contributed by atoms with Crippen molar-refractivity contribution in [2.75, 3.05) is 6.61 Å². The van der Waals surface area contributed by atoms with Crippen molar-refractivity contribution in [3.8, 4) is 11.1 Å². The van der Waals surface area contributed by atoms with Crippen molar-refractivity contribution in [1.82, 2.24) is 5.32 Å². The van der Waals surface area contributed by atoms with Crippen LogP contribution in [0.5, 0.6) is 0 Å². The molecule has 0 spiro atoms. The lowest BCUT2D eigenvalue weighted by Crippen LogP contribution is -2.43. The third-order valence-corrected chi connectivity index (χ3v) is 5.60. The third kappa shape index (κ3) is 4.39. The number of alkyl carbamates (subject to hydrolysis) is 1. The van der Waals surface area contributed by atoms with Crippen molar-refractivity contribution in [3.63, 3.8) is 0 Å². The van der Waals surface area contributed by atoms with E-state index in [1.165, 1.54) is 12.1 Å². The second kappa shape index (κ2) is 8.78. The van der Waals surface area contributed by atoms with E-state index in [0.29, 0.717) is 0 Å². The lowest BCUT2D eigenvalue weighted by atomic mass is 9.98. The Balaban J connectivity index is 1.45. The van der Waals surface area contributed by atoms with Crippen LogP contribution in [0, 0.1) is 5.82 Å². The number of rotatable bonds is 6. The Kier molecular flexibility index (Phi) is 5.91. The molecule has 0 aliphatic heterocycles. The number of carbonyl (C=O) groups excluding carboxylic acids is 1. The van der Waals surface area contributed by atoms with Crippen LogP contribution in [0.2, 0.25) is 5.02 Å². The first-order valence-electron chi connectivity index (χ1n) is 9.72. The number of nitrogens with one attached hydrogen (secondary N) is 1. The summed E-state index contributed by atoms with van der Waals surface area (Å²) in [5, 5.41) is 12.1. The highest BCUT2D eigenvalue weighted by atomic mass is 35.5. The predicted octanol–water partition coefficient (Wildman–Crippen LogP) is 5.01. The van der Waals surface area contributed by atoms with Crippen molar-refractivity contribution in [1.29, 1.82) is 0 Å². The molecule has 31 heavy (non-hydrogen) atoms. The molecule has 1 amide bonds. The third-order valence-electron chi connectivity index (χ3n) is 5.37. The quantitative estimate of drug-likeness (QED) is 0.566. The smallest absolute Gasteiger partial charge is 0.407 e. The molecule has 0 bridgehead atoms. The molecule has 7 heteroatoms. The zero-order valence-corrected chi connectivity index (χ0v) is 17.1. The fraction of sp³-hybridized carbons (Fsp3) is 0.167. The maximum atomic E-state index is 14.0. The van der Waals surface area contributed by atoms with Crippen molar-refractivity contribution in [3.05, 3.63) is 94.3 Å².